The lowest BCUT2D eigenvalue weighted by atomic mass is 10.1. The second-order valence-corrected chi connectivity index (χ2v) is 5.61. The molecule has 0 aromatic heterocycles. The Kier molecular flexibility index (Phi) is 5.69. The molecule has 0 unspecified atom stereocenters. The van der Waals surface area contributed by atoms with Crippen LogP contribution in [-0.2, 0) is 16.2 Å². The molecule has 0 aliphatic rings. The van der Waals surface area contributed by atoms with Crippen molar-refractivity contribution >= 4 is 17.9 Å². The van der Waals surface area contributed by atoms with Gasteiger partial charge >= 0.3 is 6.16 Å². The van der Waals surface area contributed by atoms with Crippen LogP contribution in [0.1, 0.15) is 16.7 Å². The van der Waals surface area contributed by atoms with E-state index in [4.69, 9.17) is 4.74 Å². The molecule has 0 saturated heterocycles. The lowest BCUT2D eigenvalue weighted by Crippen LogP contribution is -2.06. The van der Waals surface area contributed by atoms with Crippen molar-refractivity contribution in [1.82, 2.24) is 0 Å². The van der Waals surface area contributed by atoms with Crippen LogP contribution in [0.15, 0.2) is 48.5 Å². The van der Waals surface area contributed by atoms with Crippen LogP contribution in [0, 0.1) is 6.92 Å². The average Bonchev–Trinajstić information content (AvgIpc) is 2.51. The van der Waals surface area contributed by atoms with Gasteiger partial charge in [-0.05, 0) is 35.7 Å². The van der Waals surface area contributed by atoms with Gasteiger partial charge in [0.05, 0.1) is 7.11 Å². The first kappa shape index (κ1) is 15.4. The smallest absolute Gasteiger partial charge is 0.437 e. The largest absolute Gasteiger partial charge is 0.513 e. The Morgan fingerprint density at radius 1 is 1.05 bits per heavy atom. The van der Waals surface area contributed by atoms with E-state index in [1.54, 1.807) is 12.1 Å². The fraction of sp³-hybridized carbons (Fsp3) is 0.235. The molecule has 4 heteroatoms. The summed E-state index contributed by atoms with van der Waals surface area (Å²) in [4.78, 5) is 11.0. The molecule has 0 amide bonds. The number of hydrogen-bond donors (Lipinski definition) is 0. The van der Waals surface area contributed by atoms with Crippen molar-refractivity contribution in [3.05, 3.63) is 65.2 Å². The van der Waals surface area contributed by atoms with Crippen molar-refractivity contribution in [1.29, 1.82) is 0 Å². The molecular weight excluding hydrogens is 284 g/mol. The van der Waals surface area contributed by atoms with Gasteiger partial charge in [-0.3, -0.25) is 0 Å². The van der Waals surface area contributed by atoms with Crippen LogP contribution in [0.25, 0.3) is 0 Å². The lowest BCUT2D eigenvalue weighted by Gasteiger charge is -2.06. The van der Waals surface area contributed by atoms with Gasteiger partial charge in [-0.25, -0.2) is 4.79 Å². The molecule has 3 nitrogen and oxygen atoms in total. The molecule has 0 saturated carbocycles. The minimum atomic E-state index is -0.698. The third-order valence-electron chi connectivity index (χ3n) is 3.08. The highest BCUT2D eigenvalue weighted by Gasteiger charge is 2.03. The van der Waals surface area contributed by atoms with Crippen molar-refractivity contribution in [2.75, 3.05) is 7.11 Å². The van der Waals surface area contributed by atoms with Gasteiger partial charge in [-0.15, -0.1) is 0 Å². The number of carbonyl (C=O) groups is 1. The average molecular weight is 302 g/mol. The fourth-order valence-electron chi connectivity index (χ4n) is 1.84. The van der Waals surface area contributed by atoms with Gasteiger partial charge < -0.3 is 9.47 Å². The first-order valence-corrected chi connectivity index (χ1v) is 7.81. The van der Waals surface area contributed by atoms with E-state index >= 15 is 0 Å². The molecule has 0 heterocycles. The highest BCUT2D eigenvalue weighted by atomic mass is 32.2. The summed E-state index contributed by atoms with van der Waals surface area (Å²) in [5.41, 5.74) is 3.89. The molecule has 2 aromatic carbocycles. The van der Waals surface area contributed by atoms with Crippen LogP contribution in [0.2, 0.25) is 0 Å². The van der Waals surface area contributed by atoms with Gasteiger partial charge in [0.15, 0.2) is 0 Å². The normalized spacial score (nSPS) is 10.2. The summed E-state index contributed by atoms with van der Waals surface area (Å²) in [7, 11) is 1.29. The minimum absolute atomic E-state index is 0.495. The molecule has 0 aliphatic heterocycles. The van der Waals surface area contributed by atoms with E-state index in [0.717, 1.165) is 11.5 Å². The number of ether oxygens (including phenoxy) is 2. The van der Waals surface area contributed by atoms with Crippen LogP contribution in [-0.4, -0.2) is 13.3 Å². The van der Waals surface area contributed by atoms with Crippen molar-refractivity contribution in [3.8, 4) is 5.75 Å². The summed E-state index contributed by atoms with van der Waals surface area (Å²) in [6.45, 7) is 2.13. The van der Waals surface area contributed by atoms with Gasteiger partial charge in [0.25, 0.3) is 0 Å². The number of rotatable bonds is 5. The number of methoxy groups -OCH3 is 1. The zero-order valence-electron chi connectivity index (χ0n) is 12.2. The van der Waals surface area contributed by atoms with E-state index in [-0.39, 0.29) is 0 Å². The highest BCUT2D eigenvalue weighted by Crippen LogP contribution is 2.21. The van der Waals surface area contributed by atoms with Crippen LogP contribution in [0.4, 0.5) is 4.79 Å². The van der Waals surface area contributed by atoms with E-state index in [9.17, 15) is 4.79 Å². The Morgan fingerprint density at radius 3 is 2.43 bits per heavy atom. The fourth-order valence-corrected chi connectivity index (χ4v) is 2.92. The van der Waals surface area contributed by atoms with E-state index in [1.807, 2.05) is 23.9 Å². The number of benzene rings is 2. The highest BCUT2D eigenvalue weighted by molar-refractivity contribution is 7.97. The summed E-state index contributed by atoms with van der Waals surface area (Å²) in [6, 6.07) is 15.9. The Balaban J connectivity index is 1.84. The predicted molar refractivity (Wildman–Crippen MR) is 85.7 cm³/mol. The molecule has 0 spiro atoms. The van der Waals surface area contributed by atoms with Crippen LogP contribution in [0.5, 0.6) is 5.75 Å². The zero-order chi connectivity index (χ0) is 15.1. The second-order valence-electron chi connectivity index (χ2n) is 4.62. The van der Waals surface area contributed by atoms with E-state index in [2.05, 4.69) is 35.9 Å². The van der Waals surface area contributed by atoms with Crippen LogP contribution < -0.4 is 4.74 Å². The number of thioether (sulfide) groups is 1. The third kappa shape index (κ3) is 4.83. The predicted octanol–water partition coefficient (Wildman–Crippen LogP) is 4.57. The maximum Gasteiger partial charge on any atom is 0.513 e. The van der Waals surface area contributed by atoms with Gasteiger partial charge in [0.2, 0.25) is 0 Å². The monoisotopic (exact) mass is 302 g/mol. The second kappa shape index (κ2) is 7.74. The van der Waals surface area contributed by atoms with E-state index < -0.39 is 6.16 Å². The number of aryl methyl sites for hydroxylation is 1. The van der Waals surface area contributed by atoms with Crippen molar-refractivity contribution in [2.45, 2.75) is 18.4 Å². The van der Waals surface area contributed by atoms with Crippen LogP contribution >= 0.6 is 11.8 Å². The molecule has 0 bridgehead atoms. The minimum Gasteiger partial charge on any atom is -0.437 e. The van der Waals surface area contributed by atoms with Gasteiger partial charge in [-0.2, -0.15) is 11.8 Å². The molecule has 0 N–H and O–H groups in total. The Hall–Kier alpha value is -1.94. The van der Waals surface area contributed by atoms with Crippen molar-refractivity contribution in [2.24, 2.45) is 0 Å². The van der Waals surface area contributed by atoms with Crippen molar-refractivity contribution < 1.29 is 14.3 Å². The topological polar surface area (TPSA) is 35.5 Å². The molecule has 2 aromatic rings. The van der Waals surface area contributed by atoms with E-state index in [0.29, 0.717) is 5.75 Å². The maximum absolute atomic E-state index is 11.0. The summed E-state index contributed by atoms with van der Waals surface area (Å²) >= 11 is 1.87. The molecule has 0 aliphatic carbocycles. The van der Waals surface area contributed by atoms with Crippen molar-refractivity contribution in [3.63, 3.8) is 0 Å². The summed E-state index contributed by atoms with van der Waals surface area (Å²) < 4.78 is 9.38. The molecule has 21 heavy (non-hydrogen) atoms. The third-order valence-corrected chi connectivity index (χ3v) is 4.13. The molecule has 0 fully saturated rings. The number of carbonyl (C=O) groups excluding carboxylic acids is 1. The molecule has 0 radical (unpaired) electrons. The number of hydrogen-bond acceptors (Lipinski definition) is 4. The Morgan fingerprint density at radius 2 is 1.76 bits per heavy atom. The van der Waals surface area contributed by atoms with Gasteiger partial charge in [0, 0.05) is 11.5 Å². The zero-order valence-corrected chi connectivity index (χ0v) is 13.0. The summed E-state index contributed by atoms with van der Waals surface area (Å²) in [5.74, 6) is 2.41. The molecule has 0 atom stereocenters. The van der Waals surface area contributed by atoms with Gasteiger partial charge in [0.1, 0.15) is 5.75 Å². The SMILES string of the molecule is COC(=O)Oc1ccc(CSCc2ccccc2C)cc1. The summed E-state index contributed by atoms with van der Waals surface area (Å²) in [6.07, 6.45) is -0.698. The molecular formula is C17H18O3S. The van der Waals surface area contributed by atoms with Crippen LogP contribution in [0.3, 0.4) is 0 Å². The quantitative estimate of drug-likeness (QED) is 0.598. The Bertz CT molecular complexity index is 593. The Labute approximate surface area is 129 Å². The van der Waals surface area contributed by atoms with E-state index in [1.165, 1.54) is 23.8 Å². The van der Waals surface area contributed by atoms with Gasteiger partial charge in [-0.1, -0.05) is 36.4 Å². The first-order valence-electron chi connectivity index (χ1n) is 6.66. The lowest BCUT2D eigenvalue weighted by molar-refractivity contribution is 0.121. The maximum atomic E-state index is 11.0. The standard InChI is InChI=1S/C17H18O3S/c1-13-5-3-4-6-15(13)12-21-11-14-7-9-16(10-8-14)20-17(18)19-2/h3-10H,11-12H2,1-2H3. The molecule has 110 valence electrons. The molecule has 2 rings (SSSR count). The first-order chi connectivity index (χ1) is 10.2. The summed E-state index contributed by atoms with van der Waals surface area (Å²) in [5, 5.41) is 0.